The summed E-state index contributed by atoms with van der Waals surface area (Å²) in [5.41, 5.74) is 0.0311. The van der Waals surface area contributed by atoms with Gasteiger partial charge in [0, 0.05) is 6.20 Å². The van der Waals surface area contributed by atoms with Gasteiger partial charge in [0.2, 0.25) is 5.78 Å². The Hall–Kier alpha value is -1.42. The lowest BCUT2D eigenvalue weighted by molar-refractivity contribution is 0.0572. The standard InChI is InChI=1S/C16H24N2O2/c1-4-16(5-2,18-11-6-7-12-18)15(19)14-13(20-3)9-8-10-17-14/h8-10H,4-7,11-12H2,1-3H3. The molecule has 1 aliphatic heterocycles. The van der Waals surface area contributed by atoms with E-state index in [-0.39, 0.29) is 5.78 Å². The third-order valence-corrected chi connectivity index (χ3v) is 4.51. The Morgan fingerprint density at radius 2 is 2.00 bits per heavy atom. The predicted octanol–water partition coefficient (Wildman–Crippen LogP) is 2.93. The van der Waals surface area contributed by atoms with Crippen molar-refractivity contribution in [2.75, 3.05) is 20.2 Å². The molecule has 0 bridgehead atoms. The average Bonchev–Trinajstić information content (AvgIpc) is 3.03. The molecule has 1 aromatic rings. The summed E-state index contributed by atoms with van der Waals surface area (Å²) in [6, 6.07) is 3.60. The number of rotatable bonds is 6. The Labute approximate surface area is 121 Å². The Morgan fingerprint density at radius 3 is 2.55 bits per heavy atom. The highest BCUT2D eigenvalue weighted by molar-refractivity contribution is 6.03. The van der Waals surface area contributed by atoms with Crippen molar-refractivity contribution in [3.05, 3.63) is 24.0 Å². The maximum absolute atomic E-state index is 13.1. The molecule has 0 amide bonds. The third kappa shape index (κ3) is 2.44. The summed E-state index contributed by atoms with van der Waals surface area (Å²) < 4.78 is 5.31. The van der Waals surface area contributed by atoms with E-state index in [1.54, 1.807) is 25.4 Å². The summed E-state index contributed by atoms with van der Waals surface area (Å²) in [5, 5.41) is 0. The van der Waals surface area contributed by atoms with Gasteiger partial charge >= 0.3 is 0 Å². The van der Waals surface area contributed by atoms with Crippen molar-refractivity contribution in [2.24, 2.45) is 0 Å². The van der Waals surface area contributed by atoms with Gasteiger partial charge in [-0.15, -0.1) is 0 Å². The first-order valence-electron chi connectivity index (χ1n) is 7.48. The van der Waals surface area contributed by atoms with Crippen LogP contribution in [-0.2, 0) is 0 Å². The second kappa shape index (κ2) is 6.35. The molecule has 0 aliphatic carbocycles. The number of pyridine rings is 1. The van der Waals surface area contributed by atoms with Crippen LogP contribution in [0.4, 0.5) is 0 Å². The summed E-state index contributed by atoms with van der Waals surface area (Å²) in [6.45, 7) is 6.19. The molecule has 0 aromatic carbocycles. The molecule has 0 saturated carbocycles. The highest BCUT2D eigenvalue weighted by Crippen LogP contribution is 2.33. The van der Waals surface area contributed by atoms with Crippen molar-refractivity contribution < 1.29 is 9.53 Å². The molecule has 1 aliphatic rings. The lowest BCUT2D eigenvalue weighted by Crippen LogP contribution is -2.53. The van der Waals surface area contributed by atoms with Crippen LogP contribution < -0.4 is 4.74 Å². The first kappa shape index (κ1) is 15.0. The minimum absolute atomic E-state index is 0.0989. The Morgan fingerprint density at radius 1 is 1.35 bits per heavy atom. The maximum atomic E-state index is 13.1. The zero-order valence-electron chi connectivity index (χ0n) is 12.7. The summed E-state index contributed by atoms with van der Waals surface area (Å²) in [4.78, 5) is 19.7. The van der Waals surface area contributed by atoms with E-state index >= 15 is 0 Å². The number of Topliss-reactive ketones (excluding diaryl/α,β-unsaturated/α-hetero) is 1. The van der Waals surface area contributed by atoms with Crippen molar-refractivity contribution in [3.8, 4) is 5.75 Å². The fourth-order valence-corrected chi connectivity index (χ4v) is 3.25. The van der Waals surface area contributed by atoms with E-state index in [0.717, 1.165) is 25.9 Å². The molecule has 4 heteroatoms. The molecule has 1 saturated heterocycles. The van der Waals surface area contributed by atoms with Gasteiger partial charge in [-0.05, 0) is 50.9 Å². The molecule has 2 rings (SSSR count). The van der Waals surface area contributed by atoms with E-state index < -0.39 is 5.54 Å². The van der Waals surface area contributed by atoms with Crippen LogP contribution in [0.5, 0.6) is 5.75 Å². The molecule has 0 N–H and O–H groups in total. The lowest BCUT2D eigenvalue weighted by atomic mass is 9.84. The first-order valence-corrected chi connectivity index (χ1v) is 7.48. The summed E-state index contributed by atoms with van der Waals surface area (Å²) in [5.74, 6) is 0.671. The van der Waals surface area contributed by atoms with Crippen LogP contribution in [0.25, 0.3) is 0 Å². The number of nitrogens with zero attached hydrogens (tertiary/aromatic N) is 2. The number of carbonyl (C=O) groups is 1. The number of aromatic nitrogens is 1. The lowest BCUT2D eigenvalue weighted by Gasteiger charge is -2.39. The number of ether oxygens (including phenoxy) is 1. The van der Waals surface area contributed by atoms with E-state index in [1.807, 2.05) is 0 Å². The highest BCUT2D eigenvalue weighted by Gasteiger charge is 2.43. The predicted molar refractivity (Wildman–Crippen MR) is 79.2 cm³/mol. The number of carbonyl (C=O) groups excluding carboxylic acids is 1. The Kier molecular flexibility index (Phi) is 4.76. The van der Waals surface area contributed by atoms with Crippen molar-refractivity contribution >= 4 is 5.78 Å². The molecule has 20 heavy (non-hydrogen) atoms. The van der Waals surface area contributed by atoms with Gasteiger partial charge in [-0.25, -0.2) is 4.98 Å². The highest BCUT2D eigenvalue weighted by atomic mass is 16.5. The normalized spacial score (nSPS) is 16.4. The van der Waals surface area contributed by atoms with Crippen molar-refractivity contribution in [1.29, 1.82) is 0 Å². The number of ketones is 1. The van der Waals surface area contributed by atoms with Gasteiger partial charge < -0.3 is 4.74 Å². The van der Waals surface area contributed by atoms with E-state index in [1.165, 1.54) is 12.8 Å². The van der Waals surface area contributed by atoms with Crippen molar-refractivity contribution in [1.82, 2.24) is 9.88 Å². The average molecular weight is 276 g/mol. The first-order chi connectivity index (χ1) is 9.69. The van der Waals surface area contributed by atoms with E-state index in [4.69, 9.17) is 4.74 Å². The van der Waals surface area contributed by atoms with Gasteiger partial charge in [-0.1, -0.05) is 13.8 Å². The van der Waals surface area contributed by atoms with Gasteiger partial charge in [-0.2, -0.15) is 0 Å². The zero-order valence-corrected chi connectivity index (χ0v) is 12.7. The molecule has 0 radical (unpaired) electrons. The largest absolute Gasteiger partial charge is 0.494 e. The monoisotopic (exact) mass is 276 g/mol. The van der Waals surface area contributed by atoms with E-state index in [9.17, 15) is 4.79 Å². The van der Waals surface area contributed by atoms with Gasteiger partial charge in [0.1, 0.15) is 11.4 Å². The van der Waals surface area contributed by atoms with Crippen LogP contribution >= 0.6 is 0 Å². The number of hydrogen-bond donors (Lipinski definition) is 0. The third-order valence-electron chi connectivity index (χ3n) is 4.51. The van der Waals surface area contributed by atoms with Crippen LogP contribution in [-0.4, -0.2) is 41.4 Å². The van der Waals surface area contributed by atoms with Gasteiger partial charge in [0.25, 0.3) is 0 Å². The van der Waals surface area contributed by atoms with Gasteiger partial charge in [0.05, 0.1) is 12.6 Å². The van der Waals surface area contributed by atoms with Crippen LogP contribution in [0.2, 0.25) is 0 Å². The quantitative estimate of drug-likeness (QED) is 0.749. The van der Waals surface area contributed by atoms with Gasteiger partial charge in [0.15, 0.2) is 0 Å². The van der Waals surface area contributed by atoms with Crippen molar-refractivity contribution in [2.45, 2.75) is 45.1 Å². The number of likely N-dealkylation sites (tertiary alicyclic amines) is 1. The van der Waals surface area contributed by atoms with Crippen LogP contribution in [0.1, 0.15) is 50.0 Å². The summed E-state index contributed by atoms with van der Waals surface area (Å²) in [7, 11) is 1.59. The fraction of sp³-hybridized carbons (Fsp3) is 0.625. The second-order valence-corrected chi connectivity index (χ2v) is 5.32. The second-order valence-electron chi connectivity index (χ2n) is 5.32. The molecule has 110 valence electrons. The topological polar surface area (TPSA) is 42.4 Å². The fourth-order valence-electron chi connectivity index (χ4n) is 3.25. The number of hydrogen-bond acceptors (Lipinski definition) is 4. The number of methoxy groups -OCH3 is 1. The summed E-state index contributed by atoms with van der Waals surface area (Å²) in [6.07, 6.45) is 5.63. The van der Waals surface area contributed by atoms with Crippen LogP contribution in [0.15, 0.2) is 18.3 Å². The SMILES string of the molecule is CCC(CC)(C(=O)c1ncccc1OC)N1CCCC1. The van der Waals surface area contributed by atoms with Gasteiger partial charge in [-0.3, -0.25) is 9.69 Å². The molecule has 1 fully saturated rings. The molecular formula is C16H24N2O2. The Balaban J connectivity index is 2.40. The molecular weight excluding hydrogens is 252 g/mol. The van der Waals surface area contributed by atoms with E-state index in [0.29, 0.717) is 11.4 Å². The maximum Gasteiger partial charge on any atom is 0.205 e. The molecule has 0 atom stereocenters. The zero-order chi connectivity index (χ0) is 14.6. The van der Waals surface area contributed by atoms with Crippen LogP contribution in [0, 0.1) is 0 Å². The molecule has 2 heterocycles. The molecule has 0 spiro atoms. The smallest absolute Gasteiger partial charge is 0.205 e. The Bertz CT molecular complexity index is 463. The molecule has 4 nitrogen and oxygen atoms in total. The van der Waals surface area contributed by atoms with Crippen molar-refractivity contribution in [3.63, 3.8) is 0 Å². The summed E-state index contributed by atoms with van der Waals surface area (Å²) >= 11 is 0. The molecule has 0 unspecified atom stereocenters. The molecule has 1 aromatic heterocycles. The minimum Gasteiger partial charge on any atom is -0.494 e. The van der Waals surface area contributed by atoms with Crippen LogP contribution in [0.3, 0.4) is 0 Å². The minimum atomic E-state index is -0.432. The van der Waals surface area contributed by atoms with E-state index in [2.05, 4.69) is 23.7 Å².